The Hall–Kier alpha value is -2.75. The number of nitrogens with one attached hydrogen (secondary N) is 1. The average molecular weight is 473 g/mol. The molecular formula is C24H32N4O4S. The van der Waals surface area contributed by atoms with Gasteiger partial charge < -0.3 is 9.80 Å². The molecule has 1 heterocycles. The topological polar surface area (TPSA) is 90.0 Å². The molecule has 1 N–H and O–H groups in total. The highest BCUT2D eigenvalue weighted by Gasteiger charge is 2.24. The Kier molecular flexibility index (Phi) is 8.23. The summed E-state index contributed by atoms with van der Waals surface area (Å²) in [6, 6.07) is 14.1. The molecule has 2 aromatic rings. The van der Waals surface area contributed by atoms with Gasteiger partial charge in [-0.15, -0.1) is 0 Å². The number of carbonyl (C=O) groups excluding carboxylic acids is 2. The highest BCUT2D eigenvalue weighted by Crippen LogP contribution is 2.19. The van der Waals surface area contributed by atoms with Crippen LogP contribution in [-0.2, 0) is 21.4 Å². The summed E-state index contributed by atoms with van der Waals surface area (Å²) < 4.78 is 28.5. The van der Waals surface area contributed by atoms with Crippen LogP contribution in [0.4, 0.5) is 0 Å². The van der Waals surface area contributed by atoms with Gasteiger partial charge >= 0.3 is 0 Å². The molecule has 0 unspecified atom stereocenters. The molecule has 1 aliphatic rings. The van der Waals surface area contributed by atoms with Crippen LogP contribution in [0.2, 0.25) is 0 Å². The van der Waals surface area contributed by atoms with E-state index in [1.807, 2.05) is 35.2 Å². The number of carbonyl (C=O) groups is 2. The fourth-order valence-electron chi connectivity index (χ4n) is 3.72. The first-order chi connectivity index (χ1) is 15.7. The zero-order chi connectivity index (χ0) is 24.0. The quantitative estimate of drug-likeness (QED) is 0.663. The third kappa shape index (κ3) is 6.63. The van der Waals surface area contributed by atoms with Gasteiger partial charge in [-0.1, -0.05) is 36.4 Å². The van der Waals surface area contributed by atoms with Crippen molar-refractivity contribution in [1.82, 2.24) is 19.4 Å². The molecule has 3 rings (SSSR count). The molecule has 0 radical (unpaired) electrons. The molecule has 0 saturated carbocycles. The molecule has 2 aromatic carbocycles. The minimum atomic E-state index is -3.78. The molecule has 0 aromatic heterocycles. The monoisotopic (exact) mass is 472 g/mol. The Balaban J connectivity index is 1.70. The SMILES string of the molecule is Cc1ccc(C(=O)N2CCCN(CC(=O)N(C)C)CC2)cc1S(=O)(=O)NCc1ccccc1. The van der Waals surface area contributed by atoms with E-state index in [0.29, 0.717) is 37.3 Å². The molecular weight excluding hydrogens is 440 g/mol. The van der Waals surface area contributed by atoms with Gasteiger partial charge in [0.2, 0.25) is 15.9 Å². The van der Waals surface area contributed by atoms with Crippen molar-refractivity contribution in [1.29, 1.82) is 0 Å². The predicted molar refractivity (Wildman–Crippen MR) is 127 cm³/mol. The highest BCUT2D eigenvalue weighted by atomic mass is 32.2. The van der Waals surface area contributed by atoms with Gasteiger partial charge in [-0.05, 0) is 36.6 Å². The molecule has 2 amide bonds. The second-order valence-electron chi connectivity index (χ2n) is 8.50. The van der Waals surface area contributed by atoms with Crippen molar-refractivity contribution >= 4 is 21.8 Å². The van der Waals surface area contributed by atoms with Crippen molar-refractivity contribution in [3.05, 3.63) is 65.2 Å². The van der Waals surface area contributed by atoms with E-state index in [4.69, 9.17) is 0 Å². The van der Waals surface area contributed by atoms with Crippen molar-refractivity contribution in [2.75, 3.05) is 46.8 Å². The maximum atomic E-state index is 13.2. The number of sulfonamides is 1. The Morgan fingerprint density at radius 3 is 2.42 bits per heavy atom. The van der Waals surface area contributed by atoms with Gasteiger partial charge in [0.25, 0.3) is 5.91 Å². The van der Waals surface area contributed by atoms with Crippen LogP contribution < -0.4 is 4.72 Å². The lowest BCUT2D eigenvalue weighted by Gasteiger charge is -2.23. The van der Waals surface area contributed by atoms with Crippen LogP contribution in [0.3, 0.4) is 0 Å². The van der Waals surface area contributed by atoms with Crippen LogP contribution in [-0.4, -0.2) is 81.8 Å². The minimum absolute atomic E-state index is 0.0335. The number of rotatable bonds is 7. The minimum Gasteiger partial charge on any atom is -0.348 e. The van der Waals surface area contributed by atoms with Crippen LogP contribution in [0.1, 0.15) is 27.9 Å². The van der Waals surface area contributed by atoms with Gasteiger partial charge in [0.1, 0.15) is 0 Å². The van der Waals surface area contributed by atoms with Crippen LogP contribution >= 0.6 is 0 Å². The van der Waals surface area contributed by atoms with E-state index in [0.717, 1.165) is 18.5 Å². The average Bonchev–Trinajstić information content (AvgIpc) is 3.03. The lowest BCUT2D eigenvalue weighted by atomic mass is 10.1. The molecule has 0 bridgehead atoms. The fraction of sp³-hybridized carbons (Fsp3) is 0.417. The molecule has 8 nitrogen and oxygen atoms in total. The first-order valence-corrected chi connectivity index (χ1v) is 12.5. The summed E-state index contributed by atoms with van der Waals surface area (Å²) in [6.45, 7) is 4.61. The van der Waals surface area contributed by atoms with E-state index in [1.165, 1.54) is 6.07 Å². The van der Waals surface area contributed by atoms with Gasteiger partial charge in [-0.25, -0.2) is 13.1 Å². The number of hydrogen-bond acceptors (Lipinski definition) is 5. The third-order valence-electron chi connectivity index (χ3n) is 5.77. The molecule has 1 saturated heterocycles. The Morgan fingerprint density at radius 2 is 1.73 bits per heavy atom. The maximum absolute atomic E-state index is 13.2. The maximum Gasteiger partial charge on any atom is 0.253 e. The molecule has 1 fully saturated rings. The molecule has 1 aliphatic heterocycles. The van der Waals surface area contributed by atoms with E-state index in [2.05, 4.69) is 4.72 Å². The summed E-state index contributed by atoms with van der Waals surface area (Å²) in [7, 11) is -0.325. The lowest BCUT2D eigenvalue weighted by molar-refractivity contribution is -0.129. The van der Waals surface area contributed by atoms with Crippen LogP contribution in [0, 0.1) is 6.92 Å². The third-order valence-corrected chi connectivity index (χ3v) is 7.31. The summed E-state index contributed by atoms with van der Waals surface area (Å²) in [4.78, 5) is 30.6. The Bertz CT molecular complexity index is 1090. The van der Waals surface area contributed by atoms with E-state index in [-0.39, 0.29) is 23.3 Å². The van der Waals surface area contributed by atoms with Crippen LogP contribution in [0.5, 0.6) is 0 Å². The van der Waals surface area contributed by atoms with Crippen LogP contribution in [0.25, 0.3) is 0 Å². The van der Waals surface area contributed by atoms with Gasteiger partial charge in [0.15, 0.2) is 0 Å². The van der Waals surface area contributed by atoms with Crippen molar-refractivity contribution < 1.29 is 18.0 Å². The lowest BCUT2D eigenvalue weighted by Crippen LogP contribution is -2.39. The van der Waals surface area contributed by atoms with E-state index < -0.39 is 10.0 Å². The molecule has 0 spiro atoms. The molecule has 0 aliphatic carbocycles. The normalized spacial score (nSPS) is 15.2. The molecule has 0 atom stereocenters. The summed E-state index contributed by atoms with van der Waals surface area (Å²) in [6.07, 6.45) is 0.752. The molecule has 9 heteroatoms. The first kappa shape index (κ1) is 24.9. The van der Waals surface area contributed by atoms with Crippen molar-refractivity contribution in [3.8, 4) is 0 Å². The Morgan fingerprint density at radius 1 is 1.00 bits per heavy atom. The zero-order valence-electron chi connectivity index (χ0n) is 19.5. The van der Waals surface area contributed by atoms with Crippen molar-refractivity contribution in [3.63, 3.8) is 0 Å². The second kappa shape index (κ2) is 10.9. The number of aryl methyl sites for hydroxylation is 1. The predicted octanol–water partition coefficient (Wildman–Crippen LogP) is 1.71. The number of benzene rings is 2. The van der Waals surface area contributed by atoms with Gasteiger partial charge in [0.05, 0.1) is 11.4 Å². The Labute approximate surface area is 196 Å². The summed E-state index contributed by atoms with van der Waals surface area (Å²) in [5.74, 6) is -0.165. The summed E-state index contributed by atoms with van der Waals surface area (Å²) >= 11 is 0. The van der Waals surface area contributed by atoms with Gasteiger partial charge in [-0.2, -0.15) is 0 Å². The smallest absolute Gasteiger partial charge is 0.253 e. The molecule has 33 heavy (non-hydrogen) atoms. The van der Waals surface area contributed by atoms with E-state index in [9.17, 15) is 18.0 Å². The van der Waals surface area contributed by atoms with E-state index in [1.54, 1.807) is 43.0 Å². The van der Waals surface area contributed by atoms with Gasteiger partial charge in [0, 0.05) is 52.4 Å². The number of nitrogens with zero attached hydrogens (tertiary/aromatic N) is 3. The highest BCUT2D eigenvalue weighted by molar-refractivity contribution is 7.89. The summed E-state index contributed by atoms with van der Waals surface area (Å²) in [5, 5.41) is 0. The van der Waals surface area contributed by atoms with E-state index >= 15 is 0 Å². The largest absolute Gasteiger partial charge is 0.348 e. The van der Waals surface area contributed by atoms with Crippen LogP contribution in [0.15, 0.2) is 53.4 Å². The van der Waals surface area contributed by atoms with Crippen molar-refractivity contribution in [2.24, 2.45) is 0 Å². The van der Waals surface area contributed by atoms with Crippen molar-refractivity contribution in [2.45, 2.75) is 24.8 Å². The first-order valence-electron chi connectivity index (χ1n) is 11.0. The van der Waals surface area contributed by atoms with Gasteiger partial charge in [-0.3, -0.25) is 14.5 Å². The number of hydrogen-bond donors (Lipinski definition) is 1. The molecule has 178 valence electrons. The zero-order valence-corrected chi connectivity index (χ0v) is 20.3. The summed E-state index contributed by atoms with van der Waals surface area (Å²) in [5.41, 5.74) is 1.78. The number of likely N-dealkylation sites (N-methyl/N-ethyl adjacent to an activating group) is 1. The fourth-order valence-corrected chi connectivity index (χ4v) is 5.01. The number of amides is 2. The second-order valence-corrected chi connectivity index (χ2v) is 10.2. The standard InChI is InChI=1S/C24H32N4O4S/c1-19-10-11-21(16-22(19)33(31,32)25-17-20-8-5-4-6-9-20)24(30)28-13-7-12-27(14-15-28)18-23(29)26(2)3/h4-6,8-11,16,25H,7,12-15,17-18H2,1-3H3.